The van der Waals surface area contributed by atoms with Crippen molar-refractivity contribution in [2.24, 2.45) is 10.2 Å². The van der Waals surface area contributed by atoms with Gasteiger partial charge >= 0.3 is 0 Å². The second kappa shape index (κ2) is 6.26. The molecule has 106 valence electrons. The lowest BCUT2D eigenvalue weighted by Gasteiger charge is -2.16. The Balaban J connectivity index is 1.79. The highest BCUT2D eigenvalue weighted by Crippen LogP contribution is 2.30. The Hall–Kier alpha value is -1.89. The minimum absolute atomic E-state index is 0.380. The van der Waals surface area contributed by atoms with Crippen LogP contribution in [0.5, 0.6) is 5.75 Å². The number of hydrogen-bond donors (Lipinski definition) is 0. The van der Waals surface area contributed by atoms with Gasteiger partial charge in [0, 0.05) is 14.7 Å². The summed E-state index contributed by atoms with van der Waals surface area (Å²) in [6, 6.07) is 15.7. The topological polar surface area (TPSA) is 43.2 Å². The smallest absolute Gasteiger partial charge is 0.234 e. The minimum atomic E-state index is -0.380. The first-order chi connectivity index (χ1) is 10.3. The predicted molar refractivity (Wildman–Crippen MR) is 88.8 cm³/mol. The van der Waals surface area contributed by atoms with E-state index >= 15 is 0 Å². The van der Waals surface area contributed by atoms with Crippen LogP contribution in [0.1, 0.15) is 17.4 Å². The van der Waals surface area contributed by atoms with E-state index in [2.05, 4.69) is 32.8 Å². The lowest BCUT2D eigenvalue weighted by atomic mass is 10.1. The number of ether oxygens (including phenoxy) is 2. The first kappa shape index (κ1) is 14.1. The maximum absolute atomic E-state index is 5.69. The van der Waals surface area contributed by atoms with E-state index in [4.69, 9.17) is 9.47 Å². The van der Waals surface area contributed by atoms with E-state index in [0.717, 1.165) is 20.4 Å². The van der Waals surface area contributed by atoms with Gasteiger partial charge in [-0.1, -0.05) is 24.3 Å². The van der Waals surface area contributed by atoms with Crippen molar-refractivity contribution in [3.05, 3.63) is 69.5 Å². The zero-order chi connectivity index (χ0) is 14.7. The molecule has 0 fully saturated rings. The van der Waals surface area contributed by atoms with Crippen molar-refractivity contribution < 1.29 is 9.47 Å². The van der Waals surface area contributed by atoms with Gasteiger partial charge in [-0.15, -0.1) is 10.2 Å². The van der Waals surface area contributed by atoms with Crippen LogP contribution in [0.2, 0.25) is 0 Å². The van der Waals surface area contributed by atoms with Gasteiger partial charge in [-0.05, 0) is 46.9 Å². The molecule has 1 atom stereocenters. The second-order valence-electron chi connectivity index (χ2n) is 4.49. The molecule has 3 rings (SSSR count). The van der Waals surface area contributed by atoms with E-state index in [1.54, 1.807) is 13.4 Å². The summed E-state index contributed by atoms with van der Waals surface area (Å²) in [6.07, 6.45) is 1.26. The molecule has 2 aromatic rings. The average Bonchev–Trinajstić information content (AvgIpc) is 2.55. The Kier molecular flexibility index (Phi) is 4.19. The summed E-state index contributed by atoms with van der Waals surface area (Å²) in [5, 5.41) is 8.51. The van der Waals surface area contributed by atoms with Crippen LogP contribution in [0.25, 0.3) is 5.70 Å². The molecule has 0 N–H and O–H groups in total. The van der Waals surface area contributed by atoms with Gasteiger partial charge < -0.3 is 9.47 Å². The molecule has 0 radical (unpaired) electrons. The highest BCUT2D eigenvalue weighted by Gasteiger charge is 2.16. The van der Waals surface area contributed by atoms with E-state index in [-0.39, 0.29) is 6.23 Å². The van der Waals surface area contributed by atoms with Gasteiger partial charge in [0.25, 0.3) is 0 Å². The van der Waals surface area contributed by atoms with Crippen molar-refractivity contribution in [1.82, 2.24) is 0 Å². The highest BCUT2D eigenvalue weighted by atomic mass is 127. The lowest BCUT2D eigenvalue weighted by molar-refractivity contribution is 0.141. The Morgan fingerprint density at radius 1 is 1.14 bits per heavy atom. The summed E-state index contributed by atoms with van der Waals surface area (Å²) in [5.74, 6) is 0.781. The molecule has 1 aliphatic rings. The molecule has 0 saturated carbocycles. The molecule has 0 amide bonds. The molecular weight excluding hydrogens is 379 g/mol. The molecule has 0 spiro atoms. The highest BCUT2D eigenvalue weighted by molar-refractivity contribution is 14.1. The normalized spacial score (nSPS) is 17.0. The average molecular weight is 392 g/mol. The van der Waals surface area contributed by atoms with Crippen molar-refractivity contribution in [2.75, 3.05) is 7.11 Å². The summed E-state index contributed by atoms with van der Waals surface area (Å²) in [7, 11) is 1.64. The van der Waals surface area contributed by atoms with E-state index in [9.17, 15) is 0 Å². The molecule has 21 heavy (non-hydrogen) atoms. The lowest BCUT2D eigenvalue weighted by Crippen LogP contribution is -2.01. The Morgan fingerprint density at radius 2 is 2.00 bits per heavy atom. The number of benzene rings is 2. The van der Waals surface area contributed by atoms with Crippen molar-refractivity contribution >= 4 is 28.3 Å². The number of nitrogens with zero attached hydrogens (tertiary/aromatic N) is 2. The predicted octanol–water partition coefficient (Wildman–Crippen LogP) is 4.78. The van der Waals surface area contributed by atoms with Crippen molar-refractivity contribution in [3.63, 3.8) is 0 Å². The summed E-state index contributed by atoms with van der Waals surface area (Å²) < 4.78 is 12.0. The third-order valence-electron chi connectivity index (χ3n) is 3.08. The SMILES string of the molecule is COc1cccc(C2=COC(c3cccc(I)c3)N=N2)c1. The number of azo groups is 1. The molecule has 0 saturated heterocycles. The van der Waals surface area contributed by atoms with Crippen LogP contribution < -0.4 is 4.74 Å². The second-order valence-corrected chi connectivity index (χ2v) is 5.74. The molecule has 1 heterocycles. The zero-order valence-electron chi connectivity index (χ0n) is 11.4. The fraction of sp³-hybridized carbons (Fsp3) is 0.125. The van der Waals surface area contributed by atoms with Crippen LogP contribution in [0, 0.1) is 3.57 Å². The first-order valence-electron chi connectivity index (χ1n) is 6.42. The number of methoxy groups -OCH3 is 1. The van der Waals surface area contributed by atoms with Gasteiger partial charge in [0.2, 0.25) is 6.23 Å². The van der Waals surface area contributed by atoms with E-state index in [1.807, 2.05) is 48.5 Å². The molecule has 0 aliphatic carbocycles. The van der Waals surface area contributed by atoms with Crippen LogP contribution in [-0.2, 0) is 4.74 Å². The fourth-order valence-corrected chi connectivity index (χ4v) is 2.58. The Morgan fingerprint density at radius 3 is 2.71 bits per heavy atom. The molecule has 5 heteroatoms. The fourth-order valence-electron chi connectivity index (χ4n) is 2.01. The van der Waals surface area contributed by atoms with Gasteiger partial charge in [-0.3, -0.25) is 0 Å². The zero-order valence-corrected chi connectivity index (χ0v) is 13.5. The van der Waals surface area contributed by atoms with Crippen LogP contribution in [0.3, 0.4) is 0 Å². The van der Waals surface area contributed by atoms with Gasteiger partial charge in [0.15, 0.2) is 0 Å². The van der Waals surface area contributed by atoms with E-state index < -0.39 is 0 Å². The van der Waals surface area contributed by atoms with Gasteiger partial charge in [0.05, 0.1) is 7.11 Å². The Bertz CT molecular complexity index is 713. The van der Waals surface area contributed by atoms with Crippen LogP contribution >= 0.6 is 22.6 Å². The molecule has 0 aromatic heterocycles. The van der Waals surface area contributed by atoms with Crippen LogP contribution in [0.4, 0.5) is 0 Å². The first-order valence-corrected chi connectivity index (χ1v) is 7.50. The standard InChI is InChI=1S/C16H13IN2O2/c1-20-14-7-3-4-11(9-14)15-10-21-16(19-18-15)12-5-2-6-13(17)8-12/h2-10,16H,1H3. The number of halogens is 1. The molecule has 1 aliphatic heterocycles. The van der Waals surface area contributed by atoms with Crippen LogP contribution in [0.15, 0.2) is 65.0 Å². The minimum Gasteiger partial charge on any atom is -0.497 e. The number of rotatable bonds is 3. The monoisotopic (exact) mass is 392 g/mol. The summed E-state index contributed by atoms with van der Waals surface area (Å²) in [6.45, 7) is 0. The maximum Gasteiger partial charge on any atom is 0.234 e. The largest absolute Gasteiger partial charge is 0.497 e. The molecular formula is C16H13IN2O2. The van der Waals surface area contributed by atoms with Gasteiger partial charge in [-0.2, -0.15) is 0 Å². The van der Waals surface area contributed by atoms with Crippen molar-refractivity contribution in [3.8, 4) is 5.75 Å². The molecule has 1 unspecified atom stereocenters. The maximum atomic E-state index is 5.69. The van der Waals surface area contributed by atoms with Crippen molar-refractivity contribution in [2.45, 2.75) is 6.23 Å². The van der Waals surface area contributed by atoms with Crippen LogP contribution in [-0.4, -0.2) is 7.11 Å². The molecule has 4 nitrogen and oxygen atoms in total. The third kappa shape index (κ3) is 3.24. The quantitative estimate of drug-likeness (QED) is 0.706. The molecule has 0 bridgehead atoms. The number of hydrogen-bond acceptors (Lipinski definition) is 4. The van der Waals surface area contributed by atoms with E-state index in [0.29, 0.717) is 5.70 Å². The summed E-state index contributed by atoms with van der Waals surface area (Å²) in [4.78, 5) is 0. The van der Waals surface area contributed by atoms with Gasteiger partial charge in [0.1, 0.15) is 17.7 Å². The van der Waals surface area contributed by atoms with Gasteiger partial charge in [-0.25, -0.2) is 0 Å². The van der Waals surface area contributed by atoms with Crippen molar-refractivity contribution in [1.29, 1.82) is 0 Å². The summed E-state index contributed by atoms with van der Waals surface area (Å²) >= 11 is 2.27. The van der Waals surface area contributed by atoms with E-state index in [1.165, 1.54) is 0 Å². The third-order valence-corrected chi connectivity index (χ3v) is 3.75. The summed E-state index contributed by atoms with van der Waals surface area (Å²) in [5.41, 5.74) is 2.60. The Labute approximate surface area is 136 Å². The molecule has 2 aromatic carbocycles.